The Morgan fingerprint density at radius 3 is 2.44 bits per heavy atom. The summed E-state index contributed by atoms with van der Waals surface area (Å²) in [6.07, 6.45) is -1.55. The number of alkyl halides is 1. The number of carbonyl (C=O) groups excluding carboxylic acids is 2. The van der Waals surface area contributed by atoms with E-state index in [1.807, 2.05) is 0 Å². The van der Waals surface area contributed by atoms with E-state index in [1.54, 1.807) is 6.07 Å². The molecule has 0 radical (unpaired) electrons. The molecule has 2 rings (SSSR count). The summed E-state index contributed by atoms with van der Waals surface area (Å²) in [7, 11) is 0. The van der Waals surface area contributed by atoms with Crippen molar-refractivity contribution in [1.29, 1.82) is 0 Å². The quantitative estimate of drug-likeness (QED) is 0.631. The second-order valence-electron chi connectivity index (χ2n) is 3.24. The minimum Gasteiger partial charge on any atom is -0.464 e. The normalized spacial score (nSPS) is 14.2. The first kappa shape index (κ1) is 10.8. The average Bonchev–Trinajstić information content (AvgIpc) is 2.51. The molecule has 16 heavy (non-hydrogen) atoms. The first-order chi connectivity index (χ1) is 7.56. The zero-order valence-electron chi connectivity index (χ0n) is 7.94. The first-order valence-corrected chi connectivity index (χ1v) is 5.49. The van der Waals surface area contributed by atoms with Gasteiger partial charge in [0.05, 0.1) is 11.1 Å². The summed E-state index contributed by atoms with van der Waals surface area (Å²) >= 11 is 3.22. The molecule has 0 bridgehead atoms. The molecule has 1 aromatic rings. The number of hydrogen-bond donors (Lipinski definition) is 1. The Hall–Kier alpha value is -1.69. The molecule has 1 aromatic carbocycles. The second-order valence-corrected chi connectivity index (χ2v) is 3.80. The molecule has 0 unspecified atom stereocenters. The van der Waals surface area contributed by atoms with E-state index in [0.29, 0.717) is 5.33 Å². The summed E-state index contributed by atoms with van der Waals surface area (Å²) in [5.41, 5.74) is 1.09. The van der Waals surface area contributed by atoms with Gasteiger partial charge in [-0.25, -0.2) is 4.79 Å². The molecular formula is C10H6BrNO4. The van der Waals surface area contributed by atoms with Crippen molar-refractivity contribution in [2.45, 2.75) is 5.33 Å². The fourth-order valence-electron chi connectivity index (χ4n) is 1.54. The molecule has 0 fully saturated rings. The van der Waals surface area contributed by atoms with Crippen molar-refractivity contribution >= 4 is 33.8 Å². The number of benzene rings is 1. The van der Waals surface area contributed by atoms with Crippen LogP contribution in [-0.2, 0) is 5.33 Å². The molecule has 3 amide bonds. The van der Waals surface area contributed by atoms with Gasteiger partial charge in [0, 0.05) is 5.33 Å². The highest BCUT2D eigenvalue weighted by Gasteiger charge is 2.39. The molecule has 0 aromatic heterocycles. The van der Waals surface area contributed by atoms with Crippen LogP contribution in [0.3, 0.4) is 0 Å². The summed E-state index contributed by atoms with van der Waals surface area (Å²) < 4.78 is 0. The highest BCUT2D eigenvalue weighted by molar-refractivity contribution is 9.08. The van der Waals surface area contributed by atoms with Gasteiger partial charge in [-0.1, -0.05) is 22.0 Å². The molecule has 1 N–H and O–H groups in total. The van der Waals surface area contributed by atoms with Gasteiger partial charge < -0.3 is 5.11 Å². The topological polar surface area (TPSA) is 74.7 Å². The van der Waals surface area contributed by atoms with E-state index in [0.717, 1.165) is 5.56 Å². The van der Waals surface area contributed by atoms with E-state index in [1.165, 1.54) is 12.1 Å². The maximum atomic E-state index is 11.6. The van der Waals surface area contributed by atoms with Crippen molar-refractivity contribution in [3.63, 3.8) is 0 Å². The maximum absolute atomic E-state index is 11.6. The predicted octanol–water partition coefficient (Wildman–Crippen LogP) is 1.86. The van der Waals surface area contributed by atoms with Crippen molar-refractivity contribution in [2.24, 2.45) is 0 Å². The summed E-state index contributed by atoms with van der Waals surface area (Å²) in [6.45, 7) is 0. The Kier molecular flexibility index (Phi) is 2.51. The van der Waals surface area contributed by atoms with E-state index < -0.39 is 17.9 Å². The molecule has 1 aliphatic rings. The van der Waals surface area contributed by atoms with E-state index in [9.17, 15) is 14.4 Å². The number of halogens is 1. The maximum Gasteiger partial charge on any atom is 0.421 e. The lowest BCUT2D eigenvalue weighted by Crippen LogP contribution is -2.34. The van der Waals surface area contributed by atoms with Crippen molar-refractivity contribution in [1.82, 2.24) is 4.90 Å². The van der Waals surface area contributed by atoms with Gasteiger partial charge >= 0.3 is 6.09 Å². The van der Waals surface area contributed by atoms with E-state index in [-0.39, 0.29) is 16.0 Å². The molecule has 1 heterocycles. The summed E-state index contributed by atoms with van der Waals surface area (Å²) in [5, 5.41) is 9.26. The van der Waals surface area contributed by atoms with Gasteiger partial charge in [-0.05, 0) is 17.7 Å². The van der Waals surface area contributed by atoms with Crippen molar-refractivity contribution in [2.75, 3.05) is 0 Å². The van der Waals surface area contributed by atoms with Crippen molar-refractivity contribution in [3.05, 3.63) is 34.9 Å². The van der Waals surface area contributed by atoms with Crippen LogP contribution in [0.5, 0.6) is 0 Å². The Balaban J connectivity index is 2.55. The monoisotopic (exact) mass is 283 g/mol. The SMILES string of the molecule is O=C(O)N1C(=O)c2ccc(CBr)cc2C1=O. The van der Waals surface area contributed by atoms with E-state index in [4.69, 9.17) is 5.11 Å². The summed E-state index contributed by atoms with van der Waals surface area (Å²) in [5.74, 6) is -1.57. The lowest BCUT2D eigenvalue weighted by atomic mass is 10.1. The van der Waals surface area contributed by atoms with E-state index >= 15 is 0 Å². The molecule has 0 aliphatic carbocycles. The third kappa shape index (κ3) is 1.42. The van der Waals surface area contributed by atoms with Crippen molar-refractivity contribution < 1.29 is 19.5 Å². The summed E-state index contributed by atoms with van der Waals surface area (Å²) in [6, 6.07) is 4.66. The van der Waals surface area contributed by atoms with Crippen LogP contribution < -0.4 is 0 Å². The van der Waals surface area contributed by atoms with Crippen LogP contribution in [0, 0.1) is 0 Å². The van der Waals surface area contributed by atoms with Crippen LogP contribution in [0.25, 0.3) is 0 Å². The Morgan fingerprint density at radius 2 is 1.88 bits per heavy atom. The fraction of sp³-hybridized carbons (Fsp3) is 0.100. The zero-order chi connectivity index (χ0) is 11.9. The number of amides is 3. The van der Waals surface area contributed by atoms with Gasteiger partial charge in [-0.2, -0.15) is 4.90 Å². The molecule has 0 saturated heterocycles. The number of carbonyl (C=O) groups is 3. The fourth-order valence-corrected chi connectivity index (χ4v) is 1.89. The Morgan fingerprint density at radius 1 is 1.25 bits per heavy atom. The third-order valence-electron chi connectivity index (χ3n) is 2.30. The molecule has 1 aliphatic heterocycles. The number of rotatable bonds is 1. The predicted molar refractivity (Wildman–Crippen MR) is 57.6 cm³/mol. The highest BCUT2D eigenvalue weighted by atomic mass is 79.9. The highest BCUT2D eigenvalue weighted by Crippen LogP contribution is 2.24. The van der Waals surface area contributed by atoms with Crippen LogP contribution in [0.15, 0.2) is 18.2 Å². The number of nitrogens with zero attached hydrogens (tertiary/aromatic N) is 1. The molecule has 0 saturated carbocycles. The molecule has 82 valence electrons. The molecule has 5 nitrogen and oxygen atoms in total. The van der Waals surface area contributed by atoms with Gasteiger partial charge in [-0.15, -0.1) is 0 Å². The largest absolute Gasteiger partial charge is 0.464 e. The number of carboxylic acid groups (broad SMARTS) is 1. The van der Waals surface area contributed by atoms with Gasteiger partial charge in [-0.3, -0.25) is 9.59 Å². The first-order valence-electron chi connectivity index (χ1n) is 4.37. The lowest BCUT2D eigenvalue weighted by molar-refractivity contribution is 0.0651. The number of imide groups is 3. The zero-order valence-corrected chi connectivity index (χ0v) is 9.52. The van der Waals surface area contributed by atoms with Crippen molar-refractivity contribution in [3.8, 4) is 0 Å². The number of fused-ring (bicyclic) bond motifs is 1. The molecular weight excluding hydrogens is 278 g/mol. The smallest absolute Gasteiger partial charge is 0.421 e. The van der Waals surface area contributed by atoms with Crippen LogP contribution in [0.2, 0.25) is 0 Å². The Labute approximate surface area is 98.8 Å². The number of hydrogen-bond acceptors (Lipinski definition) is 3. The third-order valence-corrected chi connectivity index (χ3v) is 2.94. The molecule has 6 heteroatoms. The second kappa shape index (κ2) is 3.71. The Bertz CT molecular complexity index is 512. The summed E-state index contributed by atoms with van der Waals surface area (Å²) in [4.78, 5) is 34.1. The van der Waals surface area contributed by atoms with Gasteiger partial charge in [0.15, 0.2) is 0 Å². The van der Waals surface area contributed by atoms with Gasteiger partial charge in [0.25, 0.3) is 11.8 Å². The van der Waals surface area contributed by atoms with Crippen LogP contribution >= 0.6 is 15.9 Å². The van der Waals surface area contributed by atoms with Crippen LogP contribution in [-0.4, -0.2) is 27.9 Å². The minimum atomic E-state index is -1.55. The van der Waals surface area contributed by atoms with Crippen LogP contribution in [0.1, 0.15) is 26.3 Å². The van der Waals surface area contributed by atoms with E-state index in [2.05, 4.69) is 15.9 Å². The van der Waals surface area contributed by atoms with Gasteiger partial charge in [0.1, 0.15) is 0 Å². The molecule has 0 atom stereocenters. The van der Waals surface area contributed by atoms with Gasteiger partial charge in [0.2, 0.25) is 0 Å². The standard InChI is InChI=1S/C10H6BrNO4/c11-4-5-1-2-6-7(3-5)9(14)12(8(6)13)10(15)16/h1-3H,4H2,(H,15,16). The lowest BCUT2D eigenvalue weighted by Gasteiger charge is -2.04. The molecule has 0 spiro atoms. The average molecular weight is 284 g/mol. The van der Waals surface area contributed by atoms with Crippen LogP contribution in [0.4, 0.5) is 4.79 Å². The minimum absolute atomic E-state index is 0.136.